The molecule has 0 bridgehead atoms. The molecule has 3 nitrogen and oxygen atoms in total. The lowest BCUT2D eigenvalue weighted by molar-refractivity contribution is -0.125. The number of nitrogens with zero attached hydrogens (tertiary/aromatic N) is 1. The van der Waals surface area contributed by atoms with Crippen LogP contribution >= 0.6 is 0 Å². The second-order valence-electron chi connectivity index (χ2n) is 4.07. The highest BCUT2D eigenvalue weighted by atomic mass is 16.5. The van der Waals surface area contributed by atoms with E-state index in [9.17, 15) is 4.79 Å². The van der Waals surface area contributed by atoms with Crippen molar-refractivity contribution < 1.29 is 9.53 Å². The van der Waals surface area contributed by atoms with Gasteiger partial charge in [-0.15, -0.1) is 0 Å². The van der Waals surface area contributed by atoms with E-state index in [1.165, 1.54) is 0 Å². The van der Waals surface area contributed by atoms with Crippen molar-refractivity contribution in [1.82, 2.24) is 4.90 Å². The van der Waals surface area contributed by atoms with Gasteiger partial charge in [-0.1, -0.05) is 30.3 Å². The molecular weight excluding hydrogens is 202 g/mol. The molecule has 86 valence electrons. The van der Waals surface area contributed by atoms with E-state index >= 15 is 0 Å². The van der Waals surface area contributed by atoms with Crippen molar-refractivity contribution in [2.24, 2.45) is 0 Å². The summed E-state index contributed by atoms with van der Waals surface area (Å²) in [6, 6.07) is 10.1. The summed E-state index contributed by atoms with van der Waals surface area (Å²) < 4.78 is 5.53. The third kappa shape index (κ3) is 2.49. The number of rotatable bonds is 3. The molecule has 0 amide bonds. The summed E-state index contributed by atoms with van der Waals surface area (Å²) in [4.78, 5) is 13.4. The molecule has 1 aliphatic heterocycles. The summed E-state index contributed by atoms with van der Waals surface area (Å²) in [5.41, 5.74) is 1.15. The van der Waals surface area contributed by atoms with Crippen LogP contribution in [0.2, 0.25) is 0 Å². The summed E-state index contributed by atoms with van der Waals surface area (Å²) in [5, 5.41) is 0. The fraction of sp³-hybridized carbons (Fsp3) is 0.462. The van der Waals surface area contributed by atoms with Crippen LogP contribution < -0.4 is 0 Å². The van der Waals surface area contributed by atoms with Crippen molar-refractivity contribution in [1.29, 1.82) is 0 Å². The first-order chi connectivity index (χ1) is 7.81. The van der Waals surface area contributed by atoms with Crippen LogP contribution in [0.4, 0.5) is 0 Å². The highest BCUT2D eigenvalue weighted by Gasteiger charge is 2.24. The molecule has 0 N–H and O–H groups in total. The minimum Gasteiger partial charge on any atom is -0.362 e. The number of ether oxygens (including phenoxy) is 1. The molecule has 1 atom stereocenters. The van der Waals surface area contributed by atoms with Gasteiger partial charge in [0.1, 0.15) is 12.0 Å². The highest BCUT2D eigenvalue weighted by molar-refractivity contribution is 5.79. The lowest BCUT2D eigenvalue weighted by atomic mass is 10.1. The summed E-state index contributed by atoms with van der Waals surface area (Å²) in [6.07, 6.45) is 1.27. The lowest BCUT2D eigenvalue weighted by Gasteiger charge is -2.33. The van der Waals surface area contributed by atoms with Crippen molar-refractivity contribution in [2.45, 2.75) is 19.1 Å². The Morgan fingerprint density at radius 1 is 1.19 bits per heavy atom. The molecule has 1 aliphatic rings. The number of carbonyl (C=O) groups is 1. The van der Waals surface area contributed by atoms with E-state index in [1.54, 1.807) is 7.11 Å². The quantitative estimate of drug-likeness (QED) is 0.778. The van der Waals surface area contributed by atoms with Gasteiger partial charge in [-0.25, -0.2) is 0 Å². The molecule has 1 saturated heterocycles. The average molecular weight is 219 g/mol. The first-order valence-corrected chi connectivity index (χ1v) is 5.65. The van der Waals surface area contributed by atoms with Gasteiger partial charge < -0.3 is 4.74 Å². The zero-order chi connectivity index (χ0) is 11.4. The second-order valence-corrected chi connectivity index (χ2v) is 4.07. The number of ketones is 1. The monoisotopic (exact) mass is 219 g/mol. The number of benzene rings is 1. The van der Waals surface area contributed by atoms with Crippen LogP contribution in [0.3, 0.4) is 0 Å². The Labute approximate surface area is 96.0 Å². The van der Waals surface area contributed by atoms with Crippen LogP contribution in [-0.4, -0.2) is 30.9 Å². The Morgan fingerprint density at radius 2 is 1.81 bits per heavy atom. The van der Waals surface area contributed by atoms with Gasteiger partial charge in [-0.05, 0) is 5.56 Å². The van der Waals surface area contributed by atoms with Gasteiger partial charge in [0, 0.05) is 33.0 Å². The zero-order valence-electron chi connectivity index (χ0n) is 9.56. The maximum Gasteiger partial charge on any atom is 0.136 e. The standard InChI is InChI=1S/C13H17NO2/c1-16-13(11-5-3-2-4-6-11)14-9-7-12(15)8-10-14/h2-6,13H,7-10H2,1H3. The Hall–Kier alpha value is -1.19. The van der Waals surface area contributed by atoms with Crippen molar-refractivity contribution in [2.75, 3.05) is 20.2 Å². The first kappa shape index (κ1) is 11.3. The normalized spacial score (nSPS) is 19.7. The van der Waals surface area contributed by atoms with Crippen LogP contribution in [0, 0.1) is 0 Å². The van der Waals surface area contributed by atoms with Crippen molar-refractivity contribution >= 4 is 5.78 Å². The van der Waals surface area contributed by atoms with Crippen LogP contribution in [0.5, 0.6) is 0 Å². The zero-order valence-corrected chi connectivity index (χ0v) is 9.56. The Balaban J connectivity index is 2.08. The molecular formula is C13H17NO2. The molecule has 2 rings (SSSR count). The molecule has 0 aliphatic carbocycles. The van der Waals surface area contributed by atoms with Gasteiger partial charge in [0.15, 0.2) is 0 Å². The second kappa shape index (κ2) is 5.23. The molecule has 16 heavy (non-hydrogen) atoms. The smallest absolute Gasteiger partial charge is 0.136 e. The Kier molecular flexibility index (Phi) is 3.70. The summed E-state index contributed by atoms with van der Waals surface area (Å²) in [5.74, 6) is 0.360. The molecule has 0 spiro atoms. The molecule has 1 fully saturated rings. The minimum atomic E-state index is -0.0192. The van der Waals surface area contributed by atoms with Crippen molar-refractivity contribution in [3.63, 3.8) is 0 Å². The average Bonchev–Trinajstić information content (AvgIpc) is 2.34. The lowest BCUT2D eigenvalue weighted by Crippen LogP contribution is -2.37. The van der Waals surface area contributed by atoms with E-state index in [1.807, 2.05) is 18.2 Å². The molecule has 1 aromatic rings. The summed E-state index contributed by atoms with van der Waals surface area (Å²) in [7, 11) is 1.72. The van der Waals surface area contributed by atoms with Crippen LogP contribution in [0.15, 0.2) is 30.3 Å². The number of carbonyl (C=O) groups excluding carboxylic acids is 1. The fourth-order valence-corrected chi connectivity index (χ4v) is 2.12. The van der Waals surface area contributed by atoms with E-state index < -0.39 is 0 Å². The predicted octanol–water partition coefficient (Wildman–Crippen LogP) is 2.00. The van der Waals surface area contributed by atoms with Gasteiger partial charge in [-0.3, -0.25) is 9.69 Å². The fourth-order valence-electron chi connectivity index (χ4n) is 2.12. The molecule has 1 aromatic carbocycles. The van der Waals surface area contributed by atoms with Gasteiger partial charge in [0.2, 0.25) is 0 Å². The topological polar surface area (TPSA) is 29.5 Å². The van der Waals surface area contributed by atoms with Gasteiger partial charge in [0.25, 0.3) is 0 Å². The predicted molar refractivity (Wildman–Crippen MR) is 62.0 cm³/mol. The first-order valence-electron chi connectivity index (χ1n) is 5.65. The third-order valence-corrected chi connectivity index (χ3v) is 3.00. The van der Waals surface area contributed by atoms with E-state index in [4.69, 9.17) is 4.74 Å². The SMILES string of the molecule is COC(c1ccccc1)N1CCC(=O)CC1. The maximum absolute atomic E-state index is 11.2. The van der Waals surface area contributed by atoms with Gasteiger partial charge in [0.05, 0.1) is 0 Å². The maximum atomic E-state index is 11.2. The third-order valence-electron chi connectivity index (χ3n) is 3.00. The summed E-state index contributed by atoms with van der Waals surface area (Å²) >= 11 is 0. The van der Waals surface area contributed by atoms with Crippen LogP contribution in [0.1, 0.15) is 24.6 Å². The largest absolute Gasteiger partial charge is 0.362 e. The molecule has 0 saturated carbocycles. The van der Waals surface area contributed by atoms with E-state index in [0.29, 0.717) is 18.6 Å². The minimum absolute atomic E-state index is 0.0192. The number of likely N-dealkylation sites (tertiary alicyclic amines) is 1. The van der Waals surface area contributed by atoms with E-state index in [0.717, 1.165) is 18.7 Å². The van der Waals surface area contributed by atoms with Gasteiger partial charge >= 0.3 is 0 Å². The highest BCUT2D eigenvalue weighted by Crippen LogP contribution is 2.23. The van der Waals surface area contributed by atoms with E-state index in [2.05, 4.69) is 17.0 Å². The number of piperidine rings is 1. The van der Waals surface area contributed by atoms with Crippen LogP contribution in [-0.2, 0) is 9.53 Å². The molecule has 3 heteroatoms. The van der Waals surface area contributed by atoms with Crippen molar-refractivity contribution in [3.8, 4) is 0 Å². The number of hydrogen-bond acceptors (Lipinski definition) is 3. The molecule has 1 unspecified atom stereocenters. The van der Waals surface area contributed by atoms with E-state index in [-0.39, 0.29) is 6.23 Å². The van der Waals surface area contributed by atoms with Crippen molar-refractivity contribution in [3.05, 3.63) is 35.9 Å². The van der Waals surface area contributed by atoms with Crippen LogP contribution in [0.25, 0.3) is 0 Å². The Bertz CT molecular complexity index is 340. The molecule has 1 heterocycles. The van der Waals surface area contributed by atoms with Gasteiger partial charge in [-0.2, -0.15) is 0 Å². The molecule has 0 aromatic heterocycles. The number of hydrogen-bond donors (Lipinski definition) is 0. The Morgan fingerprint density at radius 3 is 2.38 bits per heavy atom. The molecule has 0 radical (unpaired) electrons. The number of Topliss-reactive ketones (excluding diaryl/α,β-unsaturated/α-hetero) is 1. The summed E-state index contributed by atoms with van der Waals surface area (Å²) in [6.45, 7) is 1.60. The number of methoxy groups -OCH3 is 1.